The van der Waals surface area contributed by atoms with Crippen molar-refractivity contribution in [1.29, 1.82) is 4.78 Å². The van der Waals surface area contributed by atoms with Crippen LogP contribution in [0.1, 0.15) is 5.69 Å². The lowest BCUT2D eigenvalue weighted by Gasteiger charge is -1.90. The summed E-state index contributed by atoms with van der Waals surface area (Å²) in [5.41, 5.74) is 0.394. The third-order valence-corrected chi connectivity index (χ3v) is 1.92. The maximum Gasteiger partial charge on any atom is 0.172 e. The topological polar surface area (TPSA) is 116 Å². The van der Waals surface area contributed by atoms with Gasteiger partial charge in [0.25, 0.3) is 0 Å². The molecule has 6 nitrogen and oxygen atoms in total. The summed E-state index contributed by atoms with van der Waals surface area (Å²) >= 11 is 0. The van der Waals surface area contributed by atoms with Crippen molar-refractivity contribution in [3.63, 3.8) is 0 Å². The van der Waals surface area contributed by atoms with Gasteiger partial charge in [0.15, 0.2) is 14.9 Å². The smallest absolute Gasteiger partial charge is 0.172 e. The first-order chi connectivity index (χ1) is 5.04. The number of hydrogen-bond donors (Lipinski definition) is 4. The Morgan fingerprint density at radius 3 is 2.82 bits per heavy atom. The van der Waals surface area contributed by atoms with E-state index < -0.39 is 9.92 Å². The van der Waals surface area contributed by atoms with Gasteiger partial charge in [-0.2, -0.15) is 5.10 Å². The molecule has 0 aliphatic carbocycles. The van der Waals surface area contributed by atoms with Crippen LogP contribution in [0.15, 0.2) is 11.1 Å². The lowest BCUT2D eigenvalue weighted by atomic mass is 10.5. The molecule has 0 aliphatic heterocycles. The lowest BCUT2D eigenvalue weighted by Crippen LogP contribution is -2.10. The molecule has 0 aliphatic rings. The van der Waals surface area contributed by atoms with Crippen LogP contribution < -0.4 is 5.14 Å². The van der Waals surface area contributed by atoms with Crippen LogP contribution in [0.2, 0.25) is 0 Å². The van der Waals surface area contributed by atoms with E-state index in [2.05, 4.69) is 10.2 Å². The highest BCUT2D eigenvalue weighted by Gasteiger charge is 2.07. The van der Waals surface area contributed by atoms with Crippen LogP contribution in [0, 0.1) is 4.78 Å². The van der Waals surface area contributed by atoms with Crippen LogP contribution >= 0.6 is 0 Å². The molecule has 0 aromatic carbocycles. The van der Waals surface area contributed by atoms with E-state index >= 15 is 0 Å². The lowest BCUT2D eigenvalue weighted by molar-refractivity contribution is 0.276. The maximum absolute atomic E-state index is 10.8. The fraction of sp³-hybridized carbons (Fsp3) is 0.250. The standard InChI is InChI=1S/C4H8N4O2S/c5-11(6,10)4-1-3(2-9)7-8-4/h1,9H,2H2,(H,7,8)(H3,5,6,10). The van der Waals surface area contributed by atoms with E-state index in [0.717, 1.165) is 0 Å². The molecule has 62 valence electrons. The van der Waals surface area contributed by atoms with Crippen molar-refractivity contribution >= 4 is 9.92 Å². The first-order valence-electron chi connectivity index (χ1n) is 2.75. The van der Waals surface area contributed by atoms with E-state index in [1.54, 1.807) is 0 Å². The van der Waals surface area contributed by atoms with Gasteiger partial charge in [-0.3, -0.25) is 5.10 Å². The zero-order valence-corrected chi connectivity index (χ0v) is 6.39. The van der Waals surface area contributed by atoms with Crippen LogP contribution in [0.4, 0.5) is 0 Å². The molecule has 11 heavy (non-hydrogen) atoms. The molecule has 1 atom stereocenters. The van der Waals surface area contributed by atoms with Gasteiger partial charge in [-0.25, -0.2) is 14.1 Å². The molecule has 0 radical (unpaired) electrons. The molecule has 0 spiro atoms. The third-order valence-electron chi connectivity index (χ3n) is 1.09. The van der Waals surface area contributed by atoms with Gasteiger partial charge < -0.3 is 5.11 Å². The van der Waals surface area contributed by atoms with Gasteiger partial charge in [0.1, 0.15) is 0 Å². The number of aliphatic hydroxyl groups is 1. The number of nitrogens with zero attached hydrogens (tertiary/aromatic N) is 1. The molecule has 1 aromatic rings. The fourth-order valence-corrected chi connectivity index (χ4v) is 1.08. The highest BCUT2D eigenvalue weighted by Crippen LogP contribution is 2.04. The summed E-state index contributed by atoms with van der Waals surface area (Å²) in [6.07, 6.45) is 0. The van der Waals surface area contributed by atoms with Crippen molar-refractivity contribution in [2.45, 2.75) is 11.6 Å². The molecule has 0 fully saturated rings. The number of H-pyrrole nitrogens is 1. The van der Waals surface area contributed by atoms with E-state index in [1.165, 1.54) is 6.07 Å². The number of aromatic nitrogens is 2. The Morgan fingerprint density at radius 2 is 2.55 bits per heavy atom. The molecule has 0 amide bonds. The van der Waals surface area contributed by atoms with Crippen LogP contribution in [0.5, 0.6) is 0 Å². The number of nitrogens with one attached hydrogen (secondary N) is 2. The zero-order chi connectivity index (χ0) is 8.48. The summed E-state index contributed by atoms with van der Waals surface area (Å²) in [7, 11) is -3.25. The van der Waals surface area contributed by atoms with Crippen LogP contribution in [0.3, 0.4) is 0 Å². The normalized spacial score (nSPS) is 16.2. The molecule has 1 heterocycles. The van der Waals surface area contributed by atoms with Gasteiger partial charge in [-0.1, -0.05) is 0 Å². The third kappa shape index (κ3) is 1.76. The number of rotatable bonds is 2. The summed E-state index contributed by atoms with van der Waals surface area (Å²) in [6, 6.07) is 1.30. The first kappa shape index (κ1) is 8.18. The summed E-state index contributed by atoms with van der Waals surface area (Å²) in [6.45, 7) is -0.234. The second kappa shape index (κ2) is 2.61. The van der Waals surface area contributed by atoms with Crippen molar-refractivity contribution in [2.24, 2.45) is 5.14 Å². The van der Waals surface area contributed by atoms with Crippen LogP contribution in [-0.4, -0.2) is 19.5 Å². The Labute approximate surface area is 63.5 Å². The van der Waals surface area contributed by atoms with Crippen molar-refractivity contribution in [1.82, 2.24) is 10.2 Å². The largest absolute Gasteiger partial charge is 0.390 e. The summed E-state index contributed by atoms with van der Waals surface area (Å²) < 4.78 is 17.7. The zero-order valence-electron chi connectivity index (χ0n) is 5.57. The number of aromatic amines is 1. The van der Waals surface area contributed by atoms with Gasteiger partial charge in [-0.05, 0) is 0 Å². The van der Waals surface area contributed by atoms with E-state index in [4.69, 9.17) is 15.0 Å². The highest BCUT2D eigenvalue weighted by molar-refractivity contribution is 7.90. The number of nitrogens with two attached hydrogens (primary N) is 1. The summed E-state index contributed by atoms with van der Waals surface area (Å²) in [4.78, 5) is 0. The number of aliphatic hydroxyl groups excluding tert-OH is 1. The molecular formula is C4H8N4O2S. The van der Waals surface area contributed by atoms with Crippen molar-refractivity contribution in [3.8, 4) is 0 Å². The van der Waals surface area contributed by atoms with E-state index in [1.807, 2.05) is 0 Å². The van der Waals surface area contributed by atoms with E-state index in [0.29, 0.717) is 5.69 Å². The van der Waals surface area contributed by atoms with Crippen molar-refractivity contribution in [3.05, 3.63) is 11.8 Å². The molecule has 1 unspecified atom stereocenters. The monoisotopic (exact) mass is 176 g/mol. The van der Waals surface area contributed by atoms with Gasteiger partial charge in [0.05, 0.1) is 12.3 Å². The highest BCUT2D eigenvalue weighted by atomic mass is 32.2. The predicted molar refractivity (Wildman–Crippen MR) is 37.8 cm³/mol. The Bertz CT molecular complexity index is 341. The predicted octanol–water partition coefficient (Wildman–Crippen LogP) is -0.819. The minimum atomic E-state index is -3.25. The fourth-order valence-electron chi connectivity index (χ4n) is 0.577. The minimum Gasteiger partial charge on any atom is -0.390 e. The molecule has 0 saturated heterocycles. The quantitative estimate of drug-likeness (QED) is 0.471. The Balaban J connectivity index is 3.09. The molecule has 0 bridgehead atoms. The van der Waals surface area contributed by atoms with Crippen LogP contribution in [-0.2, 0) is 16.5 Å². The second-order valence-electron chi connectivity index (χ2n) is 1.99. The second-order valence-corrected chi connectivity index (χ2v) is 3.61. The minimum absolute atomic E-state index is 0.0402. The molecule has 5 N–H and O–H groups in total. The molecule has 1 aromatic heterocycles. The van der Waals surface area contributed by atoms with Crippen molar-refractivity contribution < 1.29 is 9.32 Å². The van der Waals surface area contributed by atoms with Gasteiger partial charge in [0, 0.05) is 6.07 Å². The SMILES string of the molecule is N=S(N)(=O)c1cc(CO)[nH]n1. The summed E-state index contributed by atoms with van der Waals surface area (Å²) in [5, 5.41) is 19.3. The average Bonchev–Trinajstić information content (AvgIpc) is 2.32. The molecule has 7 heteroatoms. The number of hydrogen-bond acceptors (Lipinski definition) is 4. The van der Waals surface area contributed by atoms with Crippen molar-refractivity contribution in [2.75, 3.05) is 0 Å². The average molecular weight is 176 g/mol. The molecule has 0 saturated carbocycles. The Hall–Kier alpha value is -0.920. The Kier molecular flexibility index (Phi) is 1.94. The van der Waals surface area contributed by atoms with Gasteiger partial charge in [-0.15, -0.1) is 0 Å². The van der Waals surface area contributed by atoms with E-state index in [-0.39, 0.29) is 11.6 Å². The summed E-state index contributed by atoms with van der Waals surface area (Å²) in [5.74, 6) is 0. The first-order valence-corrected chi connectivity index (χ1v) is 4.38. The van der Waals surface area contributed by atoms with Gasteiger partial charge in [0.2, 0.25) is 0 Å². The molecule has 1 rings (SSSR count). The van der Waals surface area contributed by atoms with Gasteiger partial charge >= 0.3 is 0 Å². The molecular weight excluding hydrogens is 168 g/mol. The maximum atomic E-state index is 10.8. The van der Waals surface area contributed by atoms with E-state index in [9.17, 15) is 4.21 Å². The Morgan fingerprint density at radius 1 is 1.91 bits per heavy atom. The van der Waals surface area contributed by atoms with Crippen LogP contribution in [0.25, 0.3) is 0 Å².